The highest BCUT2D eigenvalue weighted by Gasteiger charge is 1.99. The van der Waals surface area contributed by atoms with E-state index in [-0.39, 0.29) is 5.84 Å². The van der Waals surface area contributed by atoms with Gasteiger partial charge in [0.05, 0.1) is 11.6 Å². The molecule has 1 aromatic carbocycles. The van der Waals surface area contributed by atoms with Crippen LogP contribution in [0.5, 0.6) is 5.75 Å². The van der Waals surface area contributed by atoms with E-state index in [0.717, 1.165) is 12.8 Å². The Morgan fingerprint density at radius 3 is 2.81 bits per heavy atom. The largest absolute Gasteiger partial charge is 0.492 e. The second-order valence-corrected chi connectivity index (χ2v) is 3.73. The Labute approximate surface area is 99.7 Å². The second kappa shape index (κ2) is 6.95. The molecule has 0 saturated heterocycles. The van der Waals surface area contributed by atoms with Crippen LogP contribution < -0.4 is 10.5 Å². The molecular weight excluding hydrogens is 228 g/mol. The highest BCUT2D eigenvalue weighted by Crippen LogP contribution is 2.23. The van der Waals surface area contributed by atoms with Gasteiger partial charge in [-0.15, -0.1) is 0 Å². The molecule has 1 rings (SSSR count). The van der Waals surface area contributed by atoms with E-state index >= 15 is 0 Å². The van der Waals surface area contributed by atoms with Crippen LogP contribution in [0.15, 0.2) is 29.4 Å². The van der Waals surface area contributed by atoms with Gasteiger partial charge in [-0.05, 0) is 25.0 Å². The fourth-order valence-corrected chi connectivity index (χ4v) is 1.39. The number of nitrogens with two attached hydrogens (primary N) is 1. The molecule has 0 unspecified atom stereocenters. The first-order chi connectivity index (χ1) is 7.74. The standard InChI is InChI=1S/C11H15ClN2O2/c12-9-5-1-2-6-10(9)16-8-4-3-7-11(13)14-15/h1-2,5-6,15H,3-4,7-8H2,(H2,13,14). The fraction of sp³-hybridized carbons (Fsp3) is 0.364. The number of hydrogen-bond acceptors (Lipinski definition) is 3. The Balaban J connectivity index is 2.19. The van der Waals surface area contributed by atoms with Crippen molar-refractivity contribution < 1.29 is 9.94 Å². The minimum atomic E-state index is 0.248. The van der Waals surface area contributed by atoms with Crippen LogP contribution in [-0.2, 0) is 0 Å². The van der Waals surface area contributed by atoms with E-state index in [1.54, 1.807) is 6.07 Å². The Morgan fingerprint density at radius 2 is 2.12 bits per heavy atom. The van der Waals surface area contributed by atoms with E-state index in [2.05, 4.69) is 5.16 Å². The molecule has 0 aliphatic carbocycles. The summed E-state index contributed by atoms with van der Waals surface area (Å²) in [7, 11) is 0. The molecule has 0 aromatic heterocycles. The molecule has 3 N–H and O–H groups in total. The summed E-state index contributed by atoms with van der Waals surface area (Å²) in [5.41, 5.74) is 5.33. The van der Waals surface area contributed by atoms with Gasteiger partial charge in [0, 0.05) is 6.42 Å². The first kappa shape index (κ1) is 12.6. The van der Waals surface area contributed by atoms with Crippen molar-refractivity contribution in [2.75, 3.05) is 6.61 Å². The molecule has 0 spiro atoms. The van der Waals surface area contributed by atoms with Crippen molar-refractivity contribution in [1.82, 2.24) is 0 Å². The number of hydrogen-bond donors (Lipinski definition) is 2. The zero-order valence-electron chi connectivity index (χ0n) is 8.90. The summed E-state index contributed by atoms with van der Waals surface area (Å²) in [5.74, 6) is 0.936. The SMILES string of the molecule is N/C(CCCCOc1ccccc1Cl)=N/O. The molecule has 0 amide bonds. The molecule has 1 aromatic rings. The summed E-state index contributed by atoms with van der Waals surface area (Å²) in [6, 6.07) is 7.34. The zero-order chi connectivity index (χ0) is 11.8. The molecule has 88 valence electrons. The van der Waals surface area contributed by atoms with Gasteiger partial charge in [0.25, 0.3) is 0 Å². The quantitative estimate of drug-likeness (QED) is 0.265. The number of rotatable bonds is 6. The molecule has 0 bridgehead atoms. The lowest BCUT2D eigenvalue weighted by molar-refractivity contribution is 0.305. The molecule has 0 saturated carbocycles. The fourth-order valence-electron chi connectivity index (χ4n) is 1.20. The predicted molar refractivity (Wildman–Crippen MR) is 64.2 cm³/mol. The summed E-state index contributed by atoms with van der Waals surface area (Å²) in [5, 5.41) is 11.8. The van der Waals surface area contributed by atoms with Crippen molar-refractivity contribution >= 4 is 17.4 Å². The Morgan fingerprint density at radius 1 is 1.38 bits per heavy atom. The van der Waals surface area contributed by atoms with Crippen molar-refractivity contribution in [2.45, 2.75) is 19.3 Å². The van der Waals surface area contributed by atoms with Gasteiger partial charge in [-0.3, -0.25) is 0 Å². The van der Waals surface area contributed by atoms with Crippen LogP contribution in [0.1, 0.15) is 19.3 Å². The summed E-state index contributed by atoms with van der Waals surface area (Å²) >= 11 is 5.91. The summed E-state index contributed by atoms with van der Waals surface area (Å²) in [6.07, 6.45) is 2.23. The van der Waals surface area contributed by atoms with Crippen LogP contribution in [0.4, 0.5) is 0 Å². The van der Waals surface area contributed by atoms with Crippen molar-refractivity contribution in [3.63, 3.8) is 0 Å². The molecule has 0 aliphatic rings. The van der Waals surface area contributed by atoms with Crippen molar-refractivity contribution in [1.29, 1.82) is 0 Å². The van der Waals surface area contributed by atoms with E-state index in [4.69, 9.17) is 27.3 Å². The molecule has 0 heterocycles. The van der Waals surface area contributed by atoms with Gasteiger partial charge in [-0.25, -0.2) is 0 Å². The molecule has 0 fully saturated rings. The first-order valence-electron chi connectivity index (χ1n) is 5.07. The number of amidine groups is 1. The zero-order valence-corrected chi connectivity index (χ0v) is 9.65. The van der Waals surface area contributed by atoms with Gasteiger partial charge in [-0.2, -0.15) is 0 Å². The normalized spacial score (nSPS) is 11.4. The topological polar surface area (TPSA) is 67.8 Å². The van der Waals surface area contributed by atoms with Crippen LogP contribution >= 0.6 is 11.6 Å². The van der Waals surface area contributed by atoms with E-state index in [9.17, 15) is 0 Å². The average Bonchev–Trinajstić information content (AvgIpc) is 2.30. The highest BCUT2D eigenvalue weighted by atomic mass is 35.5. The van der Waals surface area contributed by atoms with Crippen molar-refractivity contribution in [2.24, 2.45) is 10.9 Å². The third-order valence-electron chi connectivity index (χ3n) is 2.05. The number of unbranched alkanes of at least 4 members (excludes halogenated alkanes) is 1. The number of halogens is 1. The van der Waals surface area contributed by atoms with E-state index in [1.165, 1.54) is 0 Å². The van der Waals surface area contributed by atoms with Gasteiger partial charge >= 0.3 is 0 Å². The van der Waals surface area contributed by atoms with E-state index < -0.39 is 0 Å². The maximum absolute atomic E-state index is 8.32. The third kappa shape index (κ3) is 4.40. The Bertz CT molecular complexity index is 356. The molecule has 0 radical (unpaired) electrons. The van der Waals surface area contributed by atoms with Crippen LogP contribution in [-0.4, -0.2) is 17.6 Å². The van der Waals surface area contributed by atoms with Crippen LogP contribution in [0, 0.1) is 0 Å². The first-order valence-corrected chi connectivity index (χ1v) is 5.45. The van der Waals surface area contributed by atoms with Crippen LogP contribution in [0.2, 0.25) is 5.02 Å². The Kier molecular flexibility index (Phi) is 5.50. The predicted octanol–water partition coefficient (Wildman–Crippen LogP) is 2.64. The number of oxime groups is 1. The summed E-state index contributed by atoms with van der Waals surface area (Å²) < 4.78 is 5.48. The van der Waals surface area contributed by atoms with Crippen molar-refractivity contribution in [3.8, 4) is 5.75 Å². The van der Waals surface area contributed by atoms with Gasteiger partial charge in [0.15, 0.2) is 0 Å². The number of ether oxygens (including phenoxy) is 1. The molecule has 4 nitrogen and oxygen atoms in total. The second-order valence-electron chi connectivity index (χ2n) is 3.33. The number of para-hydroxylation sites is 1. The minimum Gasteiger partial charge on any atom is -0.492 e. The molecule has 16 heavy (non-hydrogen) atoms. The molecular formula is C11H15ClN2O2. The molecule has 0 aliphatic heterocycles. The monoisotopic (exact) mass is 242 g/mol. The lowest BCUT2D eigenvalue weighted by Crippen LogP contribution is -2.11. The van der Waals surface area contributed by atoms with Gasteiger partial charge in [-0.1, -0.05) is 28.9 Å². The van der Waals surface area contributed by atoms with Crippen LogP contribution in [0.3, 0.4) is 0 Å². The third-order valence-corrected chi connectivity index (χ3v) is 2.36. The van der Waals surface area contributed by atoms with E-state index in [0.29, 0.717) is 23.8 Å². The minimum absolute atomic E-state index is 0.248. The molecule has 5 heteroatoms. The maximum Gasteiger partial charge on any atom is 0.139 e. The highest BCUT2D eigenvalue weighted by molar-refractivity contribution is 6.32. The number of nitrogens with zero attached hydrogens (tertiary/aromatic N) is 1. The van der Waals surface area contributed by atoms with Gasteiger partial charge in [0.2, 0.25) is 0 Å². The summed E-state index contributed by atoms with van der Waals surface area (Å²) in [6.45, 7) is 0.572. The lowest BCUT2D eigenvalue weighted by Gasteiger charge is -2.07. The van der Waals surface area contributed by atoms with Gasteiger partial charge in [0.1, 0.15) is 11.6 Å². The van der Waals surface area contributed by atoms with Crippen molar-refractivity contribution in [3.05, 3.63) is 29.3 Å². The molecule has 0 atom stereocenters. The lowest BCUT2D eigenvalue weighted by atomic mass is 10.2. The maximum atomic E-state index is 8.32. The number of benzene rings is 1. The van der Waals surface area contributed by atoms with Gasteiger partial charge < -0.3 is 15.7 Å². The van der Waals surface area contributed by atoms with Crippen LogP contribution in [0.25, 0.3) is 0 Å². The average molecular weight is 243 g/mol. The smallest absolute Gasteiger partial charge is 0.139 e. The Hall–Kier alpha value is -1.42. The summed E-state index contributed by atoms with van der Waals surface area (Å²) in [4.78, 5) is 0. The van der Waals surface area contributed by atoms with E-state index in [1.807, 2.05) is 18.2 Å².